The van der Waals surface area contributed by atoms with E-state index in [2.05, 4.69) is 4.98 Å². The van der Waals surface area contributed by atoms with Crippen LogP contribution in [-0.4, -0.2) is 16.1 Å². The molecule has 1 aromatic heterocycles. The largest absolute Gasteiger partial charge is 0.488 e. The van der Waals surface area contributed by atoms with Crippen LogP contribution in [0.3, 0.4) is 0 Å². The summed E-state index contributed by atoms with van der Waals surface area (Å²) in [7, 11) is 0. The molecule has 0 saturated heterocycles. The van der Waals surface area contributed by atoms with E-state index < -0.39 is 5.97 Å². The van der Waals surface area contributed by atoms with Crippen molar-refractivity contribution in [2.45, 2.75) is 13.5 Å². The van der Waals surface area contributed by atoms with E-state index in [1.54, 1.807) is 19.1 Å². The average molecular weight is 362 g/mol. The third-order valence-corrected chi connectivity index (χ3v) is 4.13. The molecule has 0 radical (unpaired) electrons. The predicted octanol–water partition coefficient (Wildman–Crippen LogP) is 5.13. The smallest absolute Gasteiger partial charge is 0.354 e. The van der Waals surface area contributed by atoms with Gasteiger partial charge in [-0.25, -0.2) is 9.78 Å². The maximum Gasteiger partial charge on any atom is 0.354 e. The molecule has 0 aliphatic rings. The number of aromatic carboxylic acids is 1. The third kappa shape index (κ3) is 3.16. The summed E-state index contributed by atoms with van der Waals surface area (Å²) in [5, 5.41) is 10.7. The molecule has 0 amide bonds. The van der Waals surface area contributed by atoms with Crippen LogP contribution in [0.5, 0.6) is 5.75 Å². The van der Waals surface area contributed by atoms with Gasteiger partial charge in [0.15, 0.2) is 5.69 Å². The third-order valence-electron chi connectivity index (χ3n) is 3.62. The number of carboxylic acids is 1. The van der Waals surface area contributed by atoms with Crippen molar-refractivity contribution in [1.29, 1.82) is 0 Å². The van der Waals surface area contributed by atoms with Crippen LogP contribution in [0.15, 0.2) is 42.5 Å². The first-order valence-corrected chi connectivity index (χ1v) is 7.92. The molecule has 3 aromatic rings. The van der Waals surface area contributed by atoms with Crippen LogP contribution in [-0.2, 0) is 6.61 Å². The van der Waals surface area contributed by atoms with Crippen molar-refractivity contribution >= 4 is 40.1 Å². The second kappa shape index (κ2) is 6.67. The zero-order chi connectivity index (χ0) is 17.3. The number of hydrogen-bond donors (Lipinski definition) is 1. The van der Waals surface area contributed by atoms with Crippen molar-refractivity contribution in [3.63, 3.8) is 0 Å². The highest BCUT2D eigenvalue weighted by Gasteiger charge is 2.20. The first-order chi connectivity index (χ1) is 11.5. The lowest BCUT2D eigenvalue weighted by molar-refractivity contribution is 0.0689. The fourth-order valence-electron chi connectivity index (χ4n) is 2.49. The number of carbonyl (C=O) groups is 1. The van der Waals surface area contributed by atoms with E-state index in [-0.39, 0.29) is 5.69 Å². The molecule has 1 N–H and O–H groups in total. The molecule has 0 saturated carbocycles. The minimum atomic E-state index is -1.13. The monoisotopic (exact) mass is 361 g/mol. The molecular formula is C18H13Cl2NO3. The second-order valence-corrected chi connectivity index (χ2v) is 6.12. The molecule has 2 aromatic carbocycles. The van der Waals surface area contributed by atoms with Gasteiger partial charge in [-0.1, -0.05) is 53.5 Å². The highest BCUT2D eigenvalue weighted by molar-refractivity contribution is 6.39. The molecule has 0 unspecified atom stereocenters. The second-order valence-electron chi connectivity index (χ2n) is 5.28. The zero-order valence-electron chi connectivity index (χ0n) is 12.7. The van der Waals surface area contributed by atoms with Crippen molar-refractivity contribution in [2.24, 2.45) is 0 Å². The minimum absolute atomic E-state index is 0.0797. The topological polar surface area (TPSA) is 59.4 Å². The number of aromatic nitrogens is 1. The Hall–Kier alpha value is -2.30. The zero-order valence-corrected chi connectivity index (χ0v) is 14.2. The Balaban J connectivity index is 2.16. The van der Waals surface area contributed by atoms with Crippen molar-refractivity contribution in [2.75, 3.05) is 0 Å². The Morgan fingerprint density at radius 1 is 1.21 bits per heavy atom. The fraction of sp³-hybridized carbons (Fsp3) is 0.111. The first kappa shape index (κ1) is 16.6. The number of rotatable bonds is 4. The molecule has 6 heteroatoms. The molecule has 122 valence electrons. The molecule has 0 spiro atoms. The van der Waals surface area contributed by atoms with Gasteiger partial charge >= 0.3 is 5.97 Å². The van der Waals surface area contributed by atoms with Gasteiger partial charge in [-0.3, -0.25) is 0 Å². The van der Waals surface area contributed by atoms with E-state index in [1.165, 1.54) is 0 Å². The molecule has 0 atom stereocenters. The molecule has 4 nitrogen and oxygen atoms in total. The summed E-state index contributed by atoms with van der Waals surface area (Å²) in [6.07, 6.45) is 0. The first-order valence-electron chi connectivity index (χ1n) is 7.16. The lowest BCUT2D eigenvalue weighted by Crippen LogP contribution is -2.07. The molecule has 24 heavy (non-hydrogen) atoms. The van der Waals surface area contributed by atoms with Crippen molar-refractivity contribution < 1.29 is 14.6 Å². The number of carboxylic acid groups (broad SMARTS) is 1. The standard InChI is InChI=1S/C18H13Cl2NO3/c1-10-16(18(22)23)21-14-8-12(19)7-13(20)15(14)17(10)24-9-11-5-3-2-4-6-11/h2-8H,9H2,1H3,(H,22,23). The summed E-state index contributed by atoms with van der Waals surface area (Å²) in [4.78, 5) is 15.6. The Morgan fingerprint density at radius 3 is 2.58 bits per heavy atom. The Labute approximate surface area is 148 Å². The van der Waals surface area contributed by atoms with Gasteiger partial charge < -0.3 is 9.84 Å². The van der Waals surface area contributed by atoms with Crippen LogP contribution in [0, 0.1) is 6.92 Å². The fourth-order valence-corrected chi connectivity index (χ4v) is 3.06. The molecule has 3 rings (SSSR count). The molecule has 0 aliphatic heterocycles. The molecule has 0 bridgehead atoms. The molecule has 0 aliphatic carbocycles. The number of nitrogens with zero attached hydrogens (tertiary/aromatic N) is 1. The maximum atomic E-state index is 11.5. The van der Waals surface area contributed by atoms with Crippen LogP contribution in [0.2, 0.25) is 10.0 Å². The number of ether oxygens (including phenoxy) is 1. The summed E-state index contributed by atoms with van der Waals surface area (Å²) in [5.74, 6) is -0.724. The van der Waals surface area contributed by atoms with Crippen LogP contribution < -0.4 is 4.74 Å². The van der Waals surface area contributed by atoms with Crippen LogP contribution in [0.1, 0.15) is 21.6 Å². The Morgan fingerprint density at radius 2 is 1.92 bits per heavy atom. The van der Waals surface area contributed by atoms with Gasteiger partial charge in [0.05, 0.1) is 15.9 Å². The van der Waals surface area contributed by atoms with Crippen LogP contribution in [0.4, 0.5) is 0 Å². The Bertz CT molecular complexity index is 927. The van der Waals surface area contributed by atoms with E-state index in [0.717, 1.165) is 5.56 Å². The highest BCUT2D eigenvalue weighted by Crippen LogP contribution is 2.37. The average Bonchev–Trinajstić information content (AvgIpc) is 2.54. The normalized spacial score (nSPS) is 10.8. The summed E-state index contributed by atoms with van der Waals surface area (Å²) in [6, 6.07) is 12.7. The van der Waals surface area contributed by atoms with Crippen molar-refractivity contribution in [3.05, 3.63) is 69.3 Å². The lowest BCUT2D eigenvalue weighted by atomic mass is 10.1. The molecule has 1 heterocycles. The van der Waals surface area contributed by atoms with Gasteiger partial charge in [0.2, 0.25) is 0 Å². The quantitative estimate of drug-likeness (QED) is 0.699. The summed E-state index contributed by atoms with van der Waals surface area (Å²) in [5.41, 5.74) is 1.70. The van der Waals surface area contributed by atoms with E-state index in [1.807, 2.05) is 30.3 Å². The summed E-state index contributed by atoms with van der Waals surface area (Å²) < 4.78 is 5.92. The minimum Gasteiger partial charge on any atom is -0.488 e. The highest BCUT2D eigenvalue weighted by atomic mass is 35.5. The summed E-state index contributed by atoms with van der Waals surface area (Å²) in [6.45, 7) is 1.94. The molecular weight excluding hydrogens is 349 g/mol. The van der Waals surface area contributed by atoms with Gasteiger partial charge in [0.1, 0.15) is 12.4 Å². The van der Waals surface area contributed by atoms with Crippen LogP contribution in [0.25, 0.3) is 10.9 Å². The van der Waals surface area contributed by atoms with Crippen molar-refractivity contribution in [1.82, 2.24) is 4.98 Å². The SMILES string of the molecule is Cc1c(C(=O)O)nc2cc(Cl)cc(Cl)c2c1OCc1ccccc1. The van der Waals surface area contributed by atoms with E-state index in [9.17, 15) is 9.90 Å². The number of hydrogen-bond acceptors (Lipinski definition) is 3. The van der Waals surface area contributed by atoms with Gasteiger partial charge in [0, 0.05) is 10.6 Å². The lowest BCUT2D eigenvalue weighted by Gasteiger charge is -2.15. The summed E-state index contributed by atoms with van der Waals surface area (Å²) >= 11 is 12.3. The van der Waals surface area contributed by atoms with E-state index in [0.29, 0.717) is 38.9 Å². The van der Waals surface area contributed by atoms with E-state index in [4.69, 9.17) is 27.9 Å². The van der Waals surface area contributed by atoms with E-state index >= 15 is 0 Å². The van der Waals surface area contributed by atoms with Gasteiger partial charge in [-0.05, 0) is 24.6 Å². The Kier molecular flexibility index (Phi) is 4.60. The number of fused-ring (bicyclic) bond motifs is 1. The number of pyridine rings is 1. The molecule has 0 fully saturated rings. The van der Waals surface area contributed by atoms with Crippen LogP contribution >= 0.6 is 23.2 Å². The predicted molar refractivity (Wildman–Crippen MR) is 94.2 cm³/mol. The number of halogens is 2. The van der Waals surface area contributed by atoms with Crippen molar-refractivity contribution in [3.8, 4) is 5.75 Å². The van der Waals surface area contributed by atoms with Gasteiger partial charge in [0.25, 0.3) is 0 Å². The number of benzene rings is 2. The van der Waals surface area contributed by atoms with Gasteiger partial charge in [-0.2, -0.15) is 0 Å². The maximum absolute atomic E-state index is 11.5. The van der Waals surface area contributed by atoms with Gasteiger partial charge in [-0.15, -0.1) is 0 Å².